The summed E-state index contributed by atoms with van der Waals surface area (Å²) < 4.78 is 0. The van der Waals surface area contributed by atoms with Crippen molar-refractivity contribution in [2.45, 2.75) is 105 Å². The smallest absolute Gasteiger partial charge is 0.184 e. The molecule has 1 heterocycles. The first-order valence-corrected chi connectivity index (χ1v) is 23.2. The summed E-state index contributed by atoms with van der Waals surface area (Å²) >= 11 is 0. The van der Waals surface area contributed by atoms with Crippen LogP contribution in [0.5, 0.6) is 0 Å². The normalized spacial score (nSPS) is 13.5. The van der Waals surface area contributed by atoms with E-state index < -0.39 is 0 Å². The van der Waals surface area contributed by atoms with Crippen molar-refractivity contribution in [2.75, 3.05) is 0 Å². The van der Waals surface area contributed by atoms with E-state index in [0.717, 1.165) is 9.52 Å². The minimum atomic E-state index is 0. The summed E-state index contributed by atoms with van der Waals surface area (Å²) in [6.07, 6.45) is 4.72. The Labute approximate surface area is 383 Å². The summed E-state index contributed by atoms with van der Waals surface area (Å²) in [5.74, 6) is 2.43. The average molecular weight is 877 g/mol. The number of fused-ring (bicyclic) bond motifs is 5. The monoisotopic (exact) mass is 875 g/mol. The van der Waals surface area contributed by atoms with Crippen LogP contribution in [0.15, 0.2) is 152 Å². The zero-order valence-electron chi connectivity index (χ0n) is 37.1. The van der Waals surface area contributed by atoms with Crippen LogP contribution in [-0.4, -0.2) is 9.52 Å². The molecule has 60 heavy (non-hydrogen) atoms. The summed E-state index contributed by atoms with van der Waals surface area (Å²) in [5, 5.41) is 8.37. The maximum Gasteiger partial charge on any atom is 3.00 e. The molecule has 0 aliphatic carbocycles. The van der Waals surface area contributed by atoms with Gasteiger partial charge in [0.05, 0.1) is 9.52 Å². The van der Waals surface area contributed by atoms with E-state index in [2.05, 4.69) is 207 Å². The molecule has 0 bridgehead atoms. The molecule has 4 unspecified atom stereocenters. The Kier molecular flexibility index (Phi) is 15.8. The first-order chi connectivity index (χ1) is 28.8. The van der Waals surface area contributed by atoms with Gasteiger partial charge in [-0.05, 0) is 58.8 Å². The molecule has 301 valence electrons. The Morgan fingerprint density at radius 1 is 0.450 bits per heavy atom. The minimum absolute atomic E-state index is 0. The molecule has 1 aliphatic rings. The van der Waals surface area contributed by atoms with Gasteiger partial charge in [0.1, 0.15) is 0 Å². The molecule has 0 N–H and O–H groups in total. The van der Waals surface area contributed by atoms with Crippen LogP contribution in [0.25, 0.3) is 54.9 Å². The first kappa shape index (κ1) is 45.2. The van der Waals surface area contributed by atoms with Gasteiger partial charge in [0, 0.05) is 0 Å². The fourth-order valence-corrected chi connectivity index (χ4v) is 9.85. The topological polar surface area (TPSA) is 0 Å². The molecule has 9 rings (SSSR count). The molecule has 0 nitrogen and oxygen atoms in total. The summed E-state index contributed by atoms with van der Waals surface area (Å²) in [4.78, 5) is 0. The fourth-order valence-electron chi connectivity index (χ4n) is 8.54. The molecule has 0 amide bonds. The van der Waals surface area contributed by atoms with E-state index in [1.165, 1.54) is 113 Å². The van der Waals surface area contributed by atoms with Gasteiger partial charge < -0.3 is 0 Å². The van der Waals surface area contributed by atoms with Gasteiger partial charge in [-0.25, -0.2) is 0 Å². The van der Waals surface area contributed by atoms with Crippen molar-refractivity contribution in [3.63, 3.8) is 0 Å². The Hall–Kier alpha value is -4.36. The summed E-state index contributed by atoms with van der Waals surface area (Å²) in [6.45, 7) is 18.4. The molecule has 0 saturated carbocycles. The third kappa shape index (κ3) is 9.72. The maximum atomic E-state index is 3.31. The molecular weight excluding hydrogens is 816 g/mol. The fraction of sp³-hybridized carbons (Fsp3) is 0.276. The zero-order chi connectivity index (χ0) is 41.5. The Bertz CT molecular complexity index is 2440. The van der Waals surface area contributed by atoms with E-state index in [1.54, 1.807) is 0 Å². The average Bonchev–Trinajstić information content (AvgIpc) is 4.04. The second-order valence-electron chi connectivity index (χ2n) is 16.7. The van der Waals surface area contributed by atoms with E-state index in [0.29, 0.717) is 23.7 Å². The zero-order valence-corrected chi connectivity index (χ0v) is 40.5. The van der Waals surface area contributed by atoms with Crippen molar-refractivity contribution in [3.05, 3.63) is 180 Å². The SMILES string of the molecule is CCC(C)c1cc2c(-c3ccccc3C(C)CC)cccc2[cH-]1.CCC(C)c1cc2c(-c3ccccc3C(C)CC)cccc2[cH-]1.[Zr+3].[c-]1cccc2c1[Si]c1ccccc1-2. The van der Waals surface area contributed by atoms with Gasteiger partial charge in [0.15, 0.2) is 0 Å². The van der Waals surface area contributed by atoms with Gasteiger partial charge in [-0.1, -0.05) is 175 Å². The van der Waals surface area contributed by atoms with Crippen molar-refractivity contribution in [2.24, 2.45) is 0 Å². The molecule has 0 saturated heterocycles. The largest absolute Gasteiger partial charge is 3.00 e. The van der Waals surface area contributed by atoms with Crippen LogP contribution >= 0.6 is 0 Å². The summed E-state index contributed by atoms with van der Waals surface area (Å²) in [5.41, 5.74) is 14.2. The molecule has 0 aromatic heterocycles. The number of rotatable bonds is 10. The predicted molar refractivity (Wildman–Crippen MR) is 261 cm³/mol. The van der Waals surface area contributed by atoms with Crippen LogP contribution in [0.3, 0.4) is 0 Å². The van der Waals surface area contributed by atoms with Crippen LogP contribution in [0.1, 0.15) is 127 Å². The van der Waals surface area contributed by atoms with Crippen molar-refractivity contribution >= 4 is 41.4 Å². The summed E-state index contributed by atoms with van der Waals surface area (Å²) in [6, 6.07) is 59.0. The molecule has 3 radical (unpaired) electrons. The van der Waals surface area contributed by atoms with Crippen molar-refractivity contribution in [3.8, 4) is 33.4 Å². The molecule has 0 fully saturated rings. The van der Waals surface area contributed by atoms with Crippen LogP contribution in [-0.2, 0) is 26.2 Å². The van der Waals surface area contributed by atoms with E-state index in [4.69, 9.17) is 0 Å². The van der Waals surface area contributed by atoms with E-state index in [1.807, 2.05) is 6.07 Å². The Balaban J connectivity index is 0.000000155. The molecular formula is C58H61SiZr. The second-order valence-corrected chi connectivity index (χ2v) is 18.0. The molecule has 4 atom stereocenters. The van der Waals surface area contributed by atoms with Gasteiger partial charge >= 0.3 is 26.2 Å². The Morgan fingerprint density at radius 2 is 0.867 bits per heavy atom. The van der Waals surface area contributed by atoms with Crippen molar-refractivity contribution < 1.29 is 26.2 Å². The number of hydrogen-bond donors (Lipinski definition) is 0. The van der Waals surface area contributed by atoms with Crippen LogP contribution in [0.4, 0.5) is 0 Å². The third-order valence-corrected chi connectivity index (χ3v) is 14.4. The van der Waals surface area contributed by atoms with Crippen LogP contribution in [0, 0.1) is 6.07 Å². The minimum Gasteiger partial charge on any atom is -0.184 e. The molecule has 0 spiro atoms. The first-order valence-electron chi connectivity index (χ1n) is 22.2. The molecule has 2 heteroatoms. The van der Waals surface area contributed by atoms with Gasteiger partial charge in [-0.15, -0.1) is 74.6 Å². The summed E-state index contributed by atoms with van der Waals surface area (Å²) in [7, 11) is 0.795. The van der Waals surface area contributed by atoms with Crippen molar-refractivity contribution in [1.82, 2.24) is 0 Å². The maximum absolute atomic E-state index is 3.31. The van der Waals surface area contributed by atoms with E-state index >= 15 is 0 Å². The predicted octanol–water partition coefficient (Wildman–Crippen LogP) is 15.6. The molecule has 8 aromatic carbocycles. The molecule has 8 aromatic rings. The van der Waals surface area contributed by atoms with Gasteiger partial charge in [0.2, 0.25) is 0 Å². The third-order valence-electron chi connectivity index (χ3n) is 13.0. The van der Waals surface area contributed by atoms with Crippen molar-refractivity contribution in [1.29, 1.82) is 0 Å². The van der Waals surface area contributed by atoms with Gasteiger partial charge in [0.25, 0.3) is 0 Å². The number of benzene rings is 6. The second kappa shape index (κ2) is 20.9. The van der Waals surface area contributed by atoms with Crippen LogP contribution in [0.2, 0.25) is 0 Å². The number of hydrogen-bond acceptors (Lipinski definition) is 0. The van der Waals surface area contributed by atoms with Gasteiger partial charge in [-0.3, -0.25) is 0 Å². The van der Waals surface area contributed by atoms with Crippen LogP contribution < -0.4 is 10.4 Å². The van der Waals surface area contributed by atoms with Gasteiger partial charge in [-0.2, -0.15) is 41.6 Å². The van der Waals surface area contributed by atoms with E-state index in [9.17, 15) is 0 Å². The standard InChI is InChI=1S/2C23H27.C12H7Si.Zr/c2*1-5-16(3)19-14-18-10-9-13-22(23(18)15-19)21-12-8-7-11-20(21)17(4)6-2;1-3-7-11-9(5-1)10-6-2-4-8-12(10)13-11;/h2*7-17H,5-6H2,1-4H3;1-7H;/q3*-1;+3. The Morgan fingerprint density at radius 3 is 1.35 bits per heavy atom. The quantitative estimate of drug-likeness (QED) is 0.0948. The molecule has 1 aliphatic heterocycles. The van der Waals surface area contributed by atoms with E-state index in [-0.39, 0.29) is 26.2 Å².